The standard InChI is InChI=1S/C20H17FN6O2/c1-11(12-4-3-5-13(6-12)19(28)22-2)27-10-24-17-7-16(14-9-25-26-18(14)21)23-8-15(17)20(27)29/h3-11H,1-2H3,(H,22,28)(H,25,26)/t11-/m1/s1. The van der Waals surface area contributed by atoms with Crippen LogP contribution in [-0.4, -0.2) is 37.7 Å². The minimum absolute atomic E-state index is 0.203. The molecule has 8 nitrogen and oxygen atoms in total. The number of nitrogens with zero attached hydrogens (tertiary/aromatic N) is 4. The number of H-pyrrole nitrogens is 1. The molecule has 2 N–H and O–H groups in total. The van der Waals surface area contributed by atoms with E-state index in [1.165, 1.54) is 23.3 Å². The number of pyridine rings is 1. The van der Waals surface area contributed by atoms with Gasteiger partial charge in [-0.3, -0.25) is 24.2 Å². The van der Waals surface area contributed by atoms with Gasteiger partial charge in [-0.15, -0.1) is 0 Å². The fourth-order valence-electron chi connectivity index (χ4n) is 3.15. The Balaban J connectivity index is 1.75. The Labute approximate surface area is 164 Å². The zero-order valence-corrected chi connectivity index (χ0v) is 15.7. The summed E-state index contributed by atoms with van der Waals surface area (Å²) in [5.41, 5.74) is 1.96. The maximum absolute atomic E-state index is 13.7. The van der Waals surface area contributed by atoms with Gasteiger partial charge in [0.15, 0.2) is 0 Å². The molecular formula is C20H17FN6O2. The number of amides is 1. The van der Waals surface area contributed by atoms with Gasteiger partial charge < -0.3 is 5.32 Å². The van der Waals surface area contributed by atoms with Crippen LogP contribution in [0.3, 0.4) is 0 Å². The first-order valence-electron chi connectivity index (χ1n) is 8.87. The lowest BCUT2D eigenvalue weighted by Gasteiger charge is -2.16. The van der Waals surface area contributed by atoms with Gasteiger partial charge >= 0.3 is 0 Å². The third kappa shape index (κ3) is 3.27. The molecule has 4 rings (SSSR count). The summed E-state index contributed by atoms with van der Waals surface area (Å²) in [5, 5.41) is 8.75. The fraction of sp³-hybridized carbons (Fsp3) is 0.150. The van der Waals surface area contributed by atoms with Crippen LogP contribution < -0.4 is 10.9 Å². The van der Waals surface area contributed by atoms with E-state index < -0.39 is 5.95 Å². The Bertz CT molecular complexity index is 1280. The maximum Gasteiger partial charge on any atom is 0.263 e. The molecule has 0 saturated carbocycles. The summed E-state index contributed by atoms with van der Waals surface area (Å²) in [4.78, 5) is 33.4. The van der Waals surface area contributed by atoms with Crippen LogP contribution in [-0.2, 0) is 0 Å². The third-order valence-corrected chi connectivity index (χ3v) is 4.81. The van der Waals surface area contributed by atoms with E-state index in [1.807, 2.05) is 13.0 Å². The highest BCUT2D eigenvalue weighted by atomic mass is 19.1. The van der Waals surface area contributed by atoms with Gasteiger partial charge in [-0.25, -0.2) is 4.98 Å². The van der Waals surface area contributed by atoms with Crippen molar-refractivity contribution in [2.75, 3.05) is 7.05 Å². The van der Waals surface area contributed by atoms with Crippen molar-refractivity contribution in [2.45, 2.75) is 13.0 Å². The van der Waals surface area contributed by atoms with E-state index in [9.17, 15) is 14.0 Å². The predicted octanol–water partition coefficient (Wildman–Crippen LogP) is 2.29. The molecule has 1 aromatic carbocycles. The molecule has 0 fully saturated rings. The SMILES string of the molecule is CNC(=O)c1cccc([C@@H](C)n2cnc3cc(-c4cn[nH]c4F)ncc3c2=O)c1. The summed E-state index contributed by atoms with van der Waals surface area (Å²) >= 11 is 0. The molecule has 0 aliphatic heterocycles. The average Bonchev–Trinajstić information content (AvgIpc) is 3.18. The van der Waals surface area contributed by atoms with Gasteiger partial charge in [0.2, 0.25) is 5.95 Å². The molecule has 0 saturated heterocycles. The van der Waals surface area contributed by atoms with Gasteiger partial charge in [0.05, 0.1) is 40.7 Å². The molecule has 0 spiro atoms. The zero-order chi connectivity index (χ0) is 20.5. The monoisotopic (exact) mass is 392 g/mol. The van der Waals surface area contributed by atoms with E-state index in [-0.39, 0.29) is 23.1 Å². The Kier molecular flexibility index (Phi) is 4.63. The van der Waals surface area contributed by atoms with E-state index in [0.717, 1.165) is 5.56 Å². The van der Waals surface area contributed by atoms with Gasteiger partial charge in [0.1, 0.15) is 0 Å². The van der Waals surface area contributed by atoms with E-state index >= 15 is 0 Å². The predicted molar refractivity (Wildman–Crippen MR) is 105 cm³/mol. The molecule has 0 unspecified atom stereocenters. The van der Waals surface area contributed by atoms with Crippen molar-refractivity contribution in [1.29, 1.82) is 0 Å². The van der Waals surface area contributed by atoms with Gasteiger partial charge in [0, 0.05) is 18.8 Å². The second-order valence-corrected chi connectivity index (χ2v) is 6.52. The van der Waals surface area contributed by atoms with Crippen molar-refractivity contribution >= 4 is 16.8 Å². The number of benzene rings is 1. The average molecular weight is 392 g/mol. The first kappa shape index (κ1) is 18.5. The molecule has 3 aromatic heterocycles. The van der Waals surface area contributed by atoms with Crippen LogP contribution in [0.25, 0.3) is 22.2 Å². The number of hydrogen-bond acceptors (Lipinski definition) is 5. The van der Waals surface area contributed by atoms with Crippen molar-refractivity contribution in [2.24, 2.45) is 0 Å². The lowest BCUT2D eigenvalue weighted by Crippen LogP contribution is -2.25. The molecule has 1 amide bonds. The molecule has 3 heterocycles. The summed E-state index contributed by atoms with van der Waals surface area (Å²) in [6.07, 6.45) is 4.15. The van der Waals surface area contributed by atoms with Gasteiger partial charge in [-0.05, 0) is 30.7 Å². The summed E-state index contributed by atoms with van der Waals surface area (Å²) in [6.45, 7) is 1.85. The molecule has 9 heteroatoms. The number of halogens is 1. The lowest BCUT2D eigenvalue weighted by atomic mass is 10.0. The van der Waals surface area contributed by atoms with Crippen LogP contribution >= 0.6 is 0 Å². The highest BCUT2D eigenvalue weighted by Gasteiger charge is 2.16. The maximum atomic E-state index is 13.7. The molecule has 1 atom stereocenters. The zero-order valence-electron chi connectivity index (χ0n) is 15.7. The number of carbonyl (C=O) groups is 1. The Morgan fingerprint density at radius 1 is 1.24 bits per heavy atom. The second kappa shape index (κ2) is 7.27. The number of nitrogens with one attached hydrogen (secondary N) is 2. The first-order chi connectivity index (χ1) is 14.0. The quantitative estimate of drug-likeness (QED) is 0.554. The first-order valence-corrected chi connectivity index (χ1v) is 8.87. The Morgan fingerprint density at radius 2 is 2.07 bits per heavy atom. The normalized spacial score (nSPS) is 12.1. The Hall–Kier alpha value is -3.88. The lowest BCUT2D eigenvalue weighted by molar-refractivity contribution is 0.0963. The molecule has 0 bridgehead atoms. The van der Waals surface area contributed by atoms with Crippen LogP contribution in [0.2, 0.25) is 0 Å². The van der Waals surface area contributed by atoms with Crippen molar-refractivity contribution in [3.05, 3.63) is 76.5 Å². The molecular weight excluding hydrogens is 375 g/mol. The number of rotatable bonds is 4. The van der Waals surface area contributed by atoms with Crippen LogP contribution in [0.1, 0.15) is 28.9 Å². The smallest absolute Gasteiger partial charge is 0.263 e. The van der Waals surface area contributed by atoms with Crippen molar-refractivity contribution in [1.82, 2.24) is 30.0 Å². The van der Waals surface area contributed by atoms with E-state index in [2.05, 4.69) is 25.5 Å². The summed E-state index contributed by atoms with van der Waals surface area (Å²) < 4.78 is 15.2. The number of carbonyl (C=O) groups excluding carboxylic acids is 1. The van der Waals surface area contributed by atoms with Crippen molar-refractivity contribution in [3.8, 4) is 11.3 Å². The minimum atomic E-state index is -0.602. The highest BCUT2D eigenvalue weighted by Crippen LogP contribution is 2.22. The van der Waals surface area contributed by atoms with Crippen LogP contribution in [0.5, 0.6) is 0 Å². The van der Waals surface area contributed by atoms with Crippen molar-refractivity contribution in [3.63, 3.8) is 0 Å². The summed E-state index contributed by atoms with van der Waals surface area (Å²) in [5.74, 6) is -0.805. The molecule has 0 radical (unpaired) electrons. The van der Waals surface area contributed by atoms with Gasteiger partial charge in [0.25, 0.3) is 11.5 Å². The number of fused-ring (bicyclic) bond motifs is 1. The minimum Gasteiger partial charge on any atom is -0.355 e. The molecule has 0 aliphatic carbocycles. The van der Waals surface area contributed by atoms with E-state index in [4.69, 9.17) is 0 Å². The van der Waals surface area contributed by atoms with Gasteiger partial charge in [-0.1, -0.05) is 12.1 Å². The molecule has 146 valence electrons. The van der Waals surface area contributed by atoms with Crippen LogP contribution in [0.4, 0.5) is 4.39 Å². The summed E-state index contributed by atoms with van der Waals surface area (Å²) in [6, 6.07) is 8.25. The van der Waals surface area contributed by atoms with E-state index in [1.54, 1.807) is 31.3 Å². The fourth-order valence-corrected chi connectivity index (χ4v) is 3.15. The van der Waals surface area contributed by atoms with E-state index in [0.29, 0.717) is 22.2 Å². The Morgan fingerprint density at radius 3 is 2.79 bits per heavy atom. The number of aromatic nitrogens is 5. The van der Waals surface area contributed by atoms with Gasteiger partial charge in [-0.2, -0.15) is 9.49 Å². The van der Waals surface area contributed by atoms with Crippen LogP contribution in [0, 0.1) is 5.95 Å². The van der Waals surface area contributed by atoms with Crippen molar-refractivity contribution < 1.29 is 9.18 Å². The molecule has 4 aromatic rings. The number of hydrogen-bond donors (Lipinski definition) is 2. The largest absolute Gasteiger partial charge is 0.355 e. The second-order valence-electron chi connectivity index (χ2n) is 6.52. The summed E-state index contributed by atoms with van der Waals surface area (Å²) in [7, 11) is 1.56. The third-order valence-electron chi connectivity index (χ3n) is 4.81. The van der Waals surface area contributed by atoms with Crippen LogP contribution in [0.15, 0.2) is 53.8 Å². The molecule has 29 heavy (non-hydrogen) atoms. The highest BCUT2D eigenvalue weighted by molar-refractivity contribution is 5.94. The topological polar surface area (TPSA) is 106 Å². The molecule has 0 aliphatic rings. The number of aromatic amines is 1.